The molecule has 1 aliphatic carbocycles. The van der Waals surface area contributed by atoms with Gasteiger partial charge in [-0.2, -0.15) is 0 Å². The van der Waals surface area contributed by atoms with Crippen LogP contribution in [-0.2, 0) is 102 Å². The number of benzene rings is 3. The fourth-order valence-electron chi connectivity index (χ4n) is 9.21. The van der Waals surface area contributed by atoms with E-state index >= 15 is 0 Å². The van der Waals surface area contributed by atoms with Gasteiger partial charge in [-0.3, -0.25) is 38.4 Å². The molecule has 0 amide bonds. The third kappa shape index (κ3) is 24.0. The summed E-state index contributed by atoms with van der Waals surface area (Å²) in [6.45, 7) is 8.90. The molecule has 0 aromatic heterocycles. The van der Waals surface area contributed by atoms with E-state index < -0.39 is 149 Å². The van der Waals surface area contributed by atoms with Crippen LogP contribution in [0.3, 0.4) is 0 Å². The largest absolute Gasteiger partial charge is 0.492 e. The van der Waals surface area contributed by atoms with Gasteiger partial charge in [-0.15, -0.1) is 0 Å². The van der Waals surface area contributed by atoms with E-state index in [0.29, 0.717) is 23.5 Å². The van der Waals surface area contributed by atoms with E-state index in [2.05, 4.69) is 69.4 Å². The molecule has 0 unspecified atom stereocenters. The van der Waals surface area contributed by atoms with Crippen LogP contribution >= 0.6 is 0 Å². The van der Waals surface area contributed by atoms with Crippen LogP contribution in [0.1, 0.15) is 122 Å². The predicted octanol–water partition coefficient (Wildman–Crippen LogP) is 8.83. The molecule has 87 heavy (non-hydrogen) atoms. The second kappa shape index (κ2) is 35.8. The quantitative estimate of drug-likeness (QED) is 0.0173. The normalized spacial score (nSPS) is 13.7. The number of aryl methyl sites for hydroxylation is 1. The Labute approximate surface area is 507 Å². The van der Waals surface area contributed by atoms with Crippen molar-refractivity contribution in [3.8, 4) is 33.8 Å². The second-order valence-corrected chi connectivity index (χ2v) is 21.7. The zero-order chi connectivity index (χ0) is 64.1. The number of carbonyl (C=O) groups excluding carboxylic acids is 10. The Morgan fingerprint density at radius 3 is 1.21 bits per heavy atom. The monoisotopic (exact) mass is 1210 g/mol. The maximum atomic E-state index is 13.0. The van der Waals surface area contributed by atoms with Gasteiger partial charge < -0.3 is 56.8 Å². The average Bonchev–Trinajstić information content (AvgIpc) is 2.69. The summed E-state index contributed by atoms with van der Waals surface area (Å²) in [5.41, 5.74) is 1.72. The van der Waals surface area contributed by atoms with Gasteiger partial charge in [-0.1, -0.05) is 95.2 Å². The Bertz CT molecular complexity index is 2700. The topological polar surface area (TPSA) is 281 Å². The van der Waals surface area contributed by atoms with Gasteiger partial charge in [0.15, 0.2) is 0 Å². The summed E-state index contributed by atoms with van der Waals surface area (Å²) in [7, 11) is 4.27. The van der Waals surface area contributed by atoms with Gasteiger partial charge in [0.05, 0.1) is 28.4 Å². The number of hydrogen-bond donors (Lipinski definition) is 0. The molecule has 1 aliphatic rings. The summed E-state index contributed by atoms with van der Waals surface area (Å²) in [4.78, 5) is 126. The Hall–Kier alpha value is -8.56. The Morgan fingerprint density at radius 2 is 0.839 bits per heavy atom. The first-order chi connectivity index (χ1) is 41.5. The van der Waals surface area contributed by atoms with Crippen molar-refractivity contribution in [2.45, 2.75) is 117 Å². The average molecular weight is 1220 g/mol. The van der Waals surface area contributed by atoms with Crippen molar-refractivity contribution in [2.75, 3.05) is 81.3 Å². The maximum Gasteiger partial charge on any atom is 0.333 e. The molecule has 0 N–H and O–H groups in total. The molecule has 1 saturated carbocycles. The Balaban J connectivity index is 1.89. The van der Waals surface area contributed by atoms with Crippen molar-refractivity contribution < 1.29 is 105 Å². The molecule has 1 fully saturated rings. The molecule has 0 radical (unpaired) electrons. The molecule has 3 aromatic carbocycles. The zero-order valence-electron chi connectivity index (χ0n) is 51.2. The number of unbranched alkanes of at least 4 members (excludes halogenated alkanes) is 2. The van der Waals surface area contributed by atoms with Gasteiger partial charge in [0.25, 0.3) is 0 Å². The summed E-state index contributed by atoms with van der Waals surface area (Å²) in [6.07, 6.45) is 7.10. The highest BCUT2D eigenvalue weighted by Crippen LogP contribution is 2.40. The van der Waals surface area contributed by atoms with Crippen molar-refractivity contribution in [1.82, 2.24) is 0 Å². The highest BCUT2D eigenvalue weighted by atomic mass is 16.6. The minimum atomic E-state index is -1.79. The molecule has 4 rings (SSSR count). The van der Waals surface area contributed by atoms with E-state index in [1.807, 2.05) is 19.1 Å². The Kier molecular flexibility index (Phi) is 29.2. The minimum absolute atomic E-state index is 0.0214. The van der Waals surface area contributed by atoms with Crippen LogP contribution in [-0.4, -0.2) is 141 Å². The lowest BCUT2D eigenvalue weighted by Gasteiger charge is -2.32. The molecule has 22 nitrogen and oxygen atoms in total. The van der Waals surface area contributed by atoms with Crippen molar-refractivity contribution in [1.29, 1.82) is 0 Å². The number of rotatable bonds is 36. The van der Waals surface area contributed by atoms with Crippen LogP contribution in [0.15, 0.2) is 85.0 Å². The van der Waals surface area contributed by atoms with E-state index in [4.69, 9.17) is 37.9 Å². The first-order valence-electron chi connectivity index (χ1n) is 28.7. The smallest absolute Gasteiger partial charge is 0.333 e. The number of ether oxygens (including phenoxy) is 12. The number of esters is 10. The molecule has 0 bridgehead atoms. The molecule has 0 aliphatic heterocycles. The first-order valence-corrected chi connectivity index (χ1v) is 28.7. The SMILES string of the molecule is C=C(C)C(=O)OCC(COC(=O)CC(=O)OC)(COC(=O)CC(=O)OC)COc1cc(OCC(COC(=O)CC(=O)OC)(COC(=O)CC(=O)OC)COC(=O)C(=C)C)cc(-c2ccc(-c3ccc(C4CCC(CCCCC)CC4)cc3)cc2CC)c1. The van der Waals surface area contributed by atoms with Crippen molar-refractivity contribution >= 4 is 59.7 Å². The maximum absolute atomic E-state index is 13.0. The molecule has 0 saturated heterocycles. The van der Waals surface area contributed by atoms with Crippen LogP contribution in [0, 0.1) is 16.7 Å². The highest BCUT2D eigenvalue weighted by Gasteiger charge is 2.40. The zero-order valence-corrected chi connectivity index (χ0v) is 51.2. The molecule has 0 spiro atoms. The van der Waals surface area contributed by atoms with E-state index in [0.717, 1.165) is 63.9 Å². The lowest BCUT2D eigenvalue weighted by atomic mass is 9.77. The van der Waals surface area contributed by atoms with Crippen LogP contribution < -0.4 is 9.47 Å². The fraction of sp³-hybridized carbons (Fsp3) is 0.508. The molecule has 474 valence electrons. The first kappa shape index (κ1) is 70.9. The van der Waals surface area contributed by atoms with Crippen LogP contribution in [0.4, 0.5) is 0 Å². The standard InChI is InChI=1S/C65H82O22/c1-11-13-14-15-44-16-18-46(19-17-44)47-20-22-48(23-21-47)49-24-25-53(45(12-2)26-49)50-27-51(80-34-64(40-86-62(74)42(3)4,36-82-58(70)30-54(66)76-7)37-83-59(71)31-55(67)77-8)29-52(28-50)81-35-65(41-87-63(75)43(5)6,38-84-60(72)32-56(68)78-9)39-85-61(73)33-57(69)79-10/h20-29,44,46H,3,5,11-19,30-41H2,1-2,4,6-10H3. The van der Waals surface area contributed by atoms with E-state index in [1.54, 1.807) is 12.1 Å². The van der Waals surface area contributed by atoms with Crippen LogP contribution in [0.25, 0.3) is 22.3 Å². The highest BCUT2D eigenvalue weighted by molar-refractivity contribution is 5.93. The van der Waals surface area contributed by atoms with Gasteiger partial charge >= 0.3 is 59.7 Å². The summed E-state index contributed by atoms with van der Waals surface area (Å²) < 4.78 is 64.7. The predicted molar refractivity (Wildman–Crippen MR) is 313 cm³/mol. The third-order valence-electron chi connectivity index (χ3n) is 14.5. The second-order valence-electron chi connectivity index (χ2n) is 21.7. The van der Waals surface area contributed by atoms with Crippen LogP contribution in [0.2, 0.25) is 0 Å². The Morgan fingerprint density at radius 1 is 0.448 bits per heavy atom. The summed E-state index contributed by atoms with van der Waals surface area (Å²) in [6, 6.07) is 19.4. The number of methoxy groups -OCH3 is 4. The summed E-state index contributed by atoms with van der Waals surface area (Å²) >= 11 is 0. The van der Waals surface area contributed by atoms with Crippen molar-refractivity contribution in [3.63, 3.8) is 0 Å². The molecule has 0 atom stereocenters. The van der Waals surface area contributed by atoms with Gasteiger partial charge in [0, 0.05) is 17.2 Å². The van der Waals surface area contributed by atoms with Crippen molar-refractivity contribution in [2.24, 2.45) is 16.7 Å². The van der Waals surface area contributed by atoms with E-state index in [9.17, 15) is 47.9 Å². The fourth-order valence-corrected chi connectivity index (χ4v) is 9.21. The van der Waals surface area contributed by atoms with Gasteiger partial charge in [-0.05, 0) is 103 Å². The van der Waals surface area contributed by atoms with Gasteiger partial charge in [-0.25, -0.2) is 9.59 Å². The van der Waals surface area contributed by atoms with Crippen molar-refractivity contribution in [3.05, 3.63) is 96.1 Å². The molecule has 3 aromatic rings. The minimum Gasteiger partial charge on any atom is -0.492 e. The number of hydrogen-bond acceptors (Lipinski definition) is 22. The van der Waals surface area contributed by atoms with E-state index in [-0.39, 0.29) is 22.6 Å². The number of carbonyl (C=O) groups is 10. The summed E-state index contributed by atoms with van der Waals surface area (Å²) in [5.74, 6) is -8.41. The molecular weight excluding hydrogens is 1130 g/mol. The molecule has 22 heteroatoms. The van der Waals surface area contributed by atoms with Crippen LogP contribution in [0.5, 0.6) is 11.5 Å². The molecular formula is C65H82O22. The van der Waals surface area contributed by atoms with Gasteiger partial charge in [0.1, 0.15) is 101 Å². The summed E-state index contributed by atoms with van der Waals surface area (Å²) in [5, 5.41) is 0. The lowest BCUT2D eigenvalue weighted by Crippen LogP contribution is -2.44. The van der Waals surface area contributed by atoms with E-state index in [1.165, 1.54) is 64.0 Å². The third-order valence-corrected chi connectivity index (χ3v) is 14.5. The lowest BCUT2D eigenvalue weighted by molar-refractivity contribution is -0.169. The molecule has 0 heterocycles. The van der Waals surface area contributed by atoms with Gasteiger partial charge in [0.2, 0.25) is 0 Å².